The molecule has 0 fully saturated rings. The van der Waals surface area contributed by atoms with Gasteiger partial charge < -0.3 is 9.94 Å². The third-order valence-electron chi connectivity index (χ3n) is 2.72. The highest BCUT2D eigenvalue weighted by molar-refractivity contribution is 7.99. The van der Waals surface area contributed by atoms with Crippen molar-refractivity contribution in [2.24, 2.45) is 5.16 Å². The van der Waals surface area contributed by atoms with Crippen molar-refractivity contribution in [1.29, 1.82) is 0 Å². The number of fused-ring (bicyclic) bond motifs is 1. The molecular weight excluding hydrogens is 294 g/mol. The molecule has 0 saturated carbocycles. The van der Waals surface area contributed by atoms with Crippen molar-refractivity contribution in [3.05, 3.63) is 41.5 Å². The van der Waals surface area contributed by atoms with Gasteiger partial charge in [-0.2, -0.15) is 0 Å². The van der Waals surface area contributed by atoms with Gasteiger partial charge >= 0.3 is 0 Å². The molecule has 0 radical (unpaired) electrons. The number of hydrogen-bond donors (Lipinski definition) is 1. The maximum absolute atomic E-state index is 8.80. The van der Waals surface area contributed by atoms with Crippen LogP contribution in [0.2, 0.25) is 0 Å². The van der Waals surface area contributed by atoms with E-state index in [2.05, 4.69) is 10.1 Å². The zero-order valence-electron chi connectivity index (χ0n) is 10.6. The standard InChI is InChI=1S/C13H11N3O2S2/c1-18-9-2-4-10(5-3-9)20-12-11(8-14-17)16-6-7-19-13(16)15-12/h2-8,17H,1H3/b14-8+. The molecule has 0 aliphatic carbocycles. The highest BCUT2D eigenvalue weighted by Crippen LogP contribution is 2.31. The Kier molecular flexibility index (Phi) is 3.62. The van der Waals surface area contributed by atoms with Gasteiger partial charge in [-0.05, 0) is 24.3 Å². The summed E-state index contributed by atoms with van der Waals surface area (Å²) in [4.78, 5) is 6.46. The van der Waals surface area contributed by atoms with Crippen LogP contribution in [-0.2, 0) is 0 Å². The molecule has 0 amide bonds. The van der Waals surface area contributed by atoms with E-state index in [4.69, 9.17) is 9.94 Å². The maximum Gasteiger partial charge on any atom is 0.195 e. The number of thiazole rings is 1. The number of benzene rings is 1. The highest BCUT2D eigenvalue weighted by atomic mass is 32.2. The van der Waals surface area contributed by atoms with Gasteiger partial charge in [-0.1, -0.05) is 16.9 Å². The zero-order valence-corrected chi connectivity index (χ0v) is 12.2. The number of ether oxygens (including phenoxy) is 1. The van der Waals surface area contributed by atoms with Crippen LogP contribution in [0.4, 0.5) is 0 Å². The van der Waals surface area contributed by atoms with Crippen LogP contribution in [0.1, 0.15) is 5.69 Å². The fourth-order valence-electron chi connectivity index (χ4n) is 1.79. The SMILES string of the molecule is COc1ccc(Sc2nc3sccn3c2/C=N/O)cc1. The average Bonchev–Trinajstić information content (AvgIpc) is 3.03. The number of oxime groups is 1. The van der Waals surface area contributed by atoms with Crippen LogP contribution in [0.15, 0.2) is 50.9 Å². The first-order valence-electron chi connectivity index (χ1n) is 5.76. The maximum atomic E-state index is 8.80. The first-order valence-corrected chi connectivity index (χ1v) is 7.46. The molecule has 1 aromatic carbocycles. The van der Waals surface area contributed by atoms with Crippen LogP contribution < -0.4 is 4.74 Å². The van der Waals surface area contributed by atoms with Crippen LogP contribution in [0.5, 0.6) is 5.75 Å². The third kappa shape index (κ3) is 2.37. The number of nitrogens with zero attached hydrogens (tertiary/aromatic N) is 3. The Hall–Kier alpha value is -1.99. The number of methoxy groups -OCH3 is 1. The van der Waals surface area contributed by atoms with Gasteiger partial charge in [-0.3, -0.25) is 4.40 Å². The number of imidazole rings is 1. The van der Waals surface area contributed by atoms with Crippen LogP contribution in [0.25, 0.3) is 4.96 Å². The summed E-state index contributed by atoms with van der Waals surface area (Å²) in [7, 11) is 1.64. The minimum Gasteiger partial charge on any atom is -0.497 e. The lowest BCUT2D eigenvalue weighted by atomic mass is 10.3. The Morgan fingerprint density at radius 2 is 2.20 bits per heavy atom. The monoisotopic (exact) mass is 305 g/mol. The number of rotatable bonds is 4. The summed E-state index contributed by atoms with van der Waals surface area (Å²) in [6.07, 6.45) is 3.31. The van der Waals surface area contributed by atoms with Crippen molar-refractivity contribution in [3.63, 3.8) is 0 Å². The molecule has 2 heterocycles. The summed E-state index contributed by atoms with van der Waals surface area (Å²) < 4.78 is 7.03. The Labute approximate surface area is 123 Å². The second kappa shape index (κ2) is 5.56. The molecule has 1 N–H and O–H groups in total. The molecule has 0 saturated heterocycles. The van der Waals surface area contributed by atoms with Gasteiger partial charge in [-0.25, -0.2) is 4.98 Å². The largest absolute Gasteiger partial charge is 0.497 e. The van der Waals surface area contributed by atoms with E-state index in [1.54, 1.807) is 18.4 Å². The van der Waals surface area contributed by atoms with E-state index in [9.17, 15) is 0 Å². The van der Waals surface area contributed by atoms with Crippen molar-refractivity contribution < 1.29 is 9.94 Å². The molecule has 0 unspecified atom stereocenters. The van der Waals surface area contributed by atoms with Crippen molar-refractivity contribution >= 4 is 34.3 Å². The van der Waals surface area contributed by atoms with Gasteiger partial charge in [0.05, 0.1) is 13.3 Å². The van der Waals surface area contributed by atoms with Gasteiger partial charge in [0.15, 0.2) is 4.96 Å². The first-order chi connectivity index (χ1) is 9.81. The van der Waals surface area contributed by atoms with E-state index in [0.29, 0.717) is 0 Å². The fraction of sp³-hybridized carbons (Fsp3) is 0.0769. The Bertz CT molecular complexity index is 747. The van der Waals surface area contributed by atoms with Crippen molar-refractivity contribution in [1.82, 2.24) is 9.38 Å². The molecule has 0 spiro atoms. The van der Waals surface area contributed by atoms with Gasteiger partial charge in [0.25, 0.3) is 0 Å². The molecule has 2 aromatic heterocycles. The van der Waals surface area contributed by atoms with Crippen molar-refractivity contribution in [3.8, 4) is 5.75 Å². The lowest BCUT2D eigenvalue weighted by Crippen LogP contribution is -1.89. The Balaban J connectivity index is 1.96. The minimum absolute atomic E-state index is 0.768. The van der Waals surface area contributed by atoms with E-state index >= 15 is 0 Å². The average molecular weight is 305 g/mol. The van der Waals surface area contributed by atoms with E-state index in [1.165, 1.54) is 18.0 Å². The summed E-state index contributed by atoms with van der Waals surface area (Å²) in [6, 6.07) is 7.74. The topological polar surface area (TPSA) is 59.1 Å². The van der Waals surface area contributed by atoms with Crippen LogP contribution in [0, 0.1) is 0 Å². The second-order valence-corrected chi connectivity index (χ2v) is 5.82. The third-order valence-corrected chi connectivity index (χ3v) is 4.48. The molecule has 7 heteroatoms. The lowest BCUT2D eigenvalue weighted by Gasteiger charge is -2.02. The molecule has 3 aromatic rings. The van der Waals surface area contributed by atoms with Gasteiger partial charge in [0, 0.05) is 16.5 Å². The smallest absolute Gasteiger partial charge is 0.195 e. The van der Waals surface area contributed by atoms with Crippen LogP contribution in [-0.4, -0.2) is 27.9 Å². The Morgan fingerprint density at radius 1 is 1.40 bits per heavy atom. The predicted octanol–water partition coefficient (Wildman–Crippen LogP) is 3.36. The van der Waals surface area contributed by atoms with Crippen LogP contribution in [0.3, 0.4) is 0 Å². The van der Waals surface area contributed by atoms with Gasteiger partial charge in [0.1, 0.15) is 16.5 Å². The molecule has 3 rings (SSSR count). The quantitative estimate of drug-likeness (QED) is 0.456. The Morgan fingerprint density at radius 3 is 2.90 bits per heavy atom. The molecule has 0 bridgehead atoms. The summed E-state index contributed by atoms with van der Waals surface area (Å²) in [6.45, 7) is 0. The number of hydrogen-bond acceptors (Lipinski definition) is 6. The summed E-state index contributed by atoms with van der Waals surface area (Å²) in [5.41, 5.74) is 0.768. The fourth-order valence-corrected chi connectivity index (χ4v) is 3.45. The lowest BCUT2D eigenvalue weighted by molar-refractivity contribution is 0.321. The van der Waals surface area contributed by atoms with E-state index in [1.807, 2.05) is 40.2 Å². The van der Waals surface area contributed by atoms with Crippen molar-refractivity contribution in [2.75, 3.05) is 7.11 Å². The minimum atomic E-state index is 0.768. The first kappa shape index (κ1) is 13.0. The molecule has 0 aliphatic heterocycles. The molecule has 102 valence electrons. The highest BCUT2D eigenvalue weighted by Gasteiger charge is 2.13. The summed E-state index contributed by atoms with van der Waals surface area (Å²) in [5, 5.41) is 14.7. The molecule has 20 heavy (non-hydrogen) atoms. The number of aromatic nitrogens is 2. The molecule has 0 aliphatic rings. The summed E-state index contributed by atoms with van der Waals surface area (Å²) in [5.74, 6) is 0.817. The van der Waals surface area contributed by atoms with E-state index in [0.717, 1.165) is 26.3 Å². The predicted molar refractivity (Wildman–Crippen MR) is 79.6 cm³/mol. The normalized spacial score (nSPS) is 11.4. The van der Waals surface area contributed by atoms with E-state index in [-0.39, 0.29) is 0 Å². The summed E-state index contributed by atoms with van der Waals surface area (Å²) >= 11 is 3.06. The molecule has 5 nitrogen and oxygen atoms in total. The molecule has 0 atom stereocenters. The van der Waals surface area contributed by atoms with Gasteiger partial charge in [-0.15, -0.1) is 11.3 Å². The van der Waals surface area contributed by atoms with Crippen molar-refractivity contribution in [2.45, 2.75) is 9.92 Å². The second-order valence-electron chi connectivity index (χ2n) is 3.88. The zero-order chi connectivity index (χ0) is 13.9. The van der Waals surface area contributed by atoms with Gasteiger partial charge in [0.2, 0.25) is 0 Å². The molecular formula is C13H11N3O2S2. The van der Waals surface area contributed by atoms with Crippen LogP contribution >= 0.6 is 23.1 Å². The van der Waals surface area contributed by atoms with E-state index < -0.39 is 0 Å².